The molecule has 17 heavy (non-hydrogen) atoms. The topological polar surface area (TPSA) is 32.3 Å². The van der Waals surface area contributed by atoms with Crippen molar-refractivity contribution in [3.05, 3.63) is 17.8 Å². The molecule has 1 fully saturated rings. The summed E-state index contributed by atoms with van der Waals surface area (Å²) in [5.41, 5.74) is 0.401. The molecule has 0 aromatic carbocycles. The summed E-state index contributed by atoms with van der Waals surface area (Å²) < 4.78 is 13.8. The third-order valence-corrected chi connectivity index (χ3v) is 3.19. The van der Waals surface area contributed by atoms with E-state index >= 15 is 0 Å². The van der Waals surface area contributed by atoms with Crippen LogP contribution in [-0.2, 0) is 0 Å². The van der Waals surface area contributed by atoms with Crippen molar-refractivity contribution in [2.45, 2.75) is 6.92 Å². The number of halogens is 2. The van der Waals surface area contributed by atoms with Gasteiger partial charge in [-0.3, -0.25) is 4.90 Å². The Balaban J connectivity index is 2.03. The fraction of sp³-hybridized carbons (Fsp3) is 0.636. The quantitative estimate of drug-likeness (QED) is 0.765. The number of nitrogens with zero attached hydrogens (tertiary/aromatic N) is 4. The summed E-state index contributed by atoms with van der Waals surface area (Å²) in [4.78, 5) is 12.1. The van der Waals surface area contributed by atoms with Gasteiger partial charge in [-0.05, 0) is 6.92 Å². The molecule has 0 bridgehead atoms. The van der Waals surface area contributed by atoms with E-state index in [1.165, 1.54) is 6.33 Å². The van der Waals surface area contributed by atoms with Gasteiger partial charge in [0.2, 0.25) is 0 Å². The smallest absolute Gasteiger partial charge is 0.186 e. The minimum atomic E-state index is -0.307. The maximum atomic E-state index is 13.8. The minimum Gasteiger partial charge on any atom is -0.352 e. The summed E-state index contributed by atoms with van der Waals surface area (Å²) >= 11 is 5.70. The average molecular weight is 259 g/mol. The Kier molecular flexibility index (Phi) is 4.12. The van der Waals surface area contributed by atoms with Crippen LogP contribution < -0.4 is 4.90 Å². The van der Waals surface area contributed by atoms with Crippen molar-refractivity contribution in [3.8, 4) is 0 Å². The number of hydrogen-bond donors (Lipinski definition) is 0. The van der Waals surface area contributed by atoms with Crippen LogP contribution in [0.15, 0.2) is 6.33 Å². The van der Waals surface area contributed by atoms with E-state index in [1.54, 1.807) is 6.92 Å². The zero-order valence-electron chi connectivity index (χ0n) is 9.86. The van der Waals surface area contributed by atoms with E-state index in [1.807, 2.05) is 4.90 Å². The van der Waals surface area contributed by atoms with Crippen molar-refractivity contribution < 1.29 is 4.39 Å². The minimum absolute atomic E-state index is 0.307. The Bertz CT molecular complexity index is 380. The fourth-order valence-corrected chi connectivity index (χ4v) is 2.21. The Hall–Kier alpha value is -0.940. The van der Waals surface area contributed by atoms with Crippen LogP contribution in [0.3, 0.4) is 0 Å². The summed E-state index contributed by atoms with van der Waals surface area (Å²) in [6.45, 7) is 5.91. The Morgan fingerprint density at radius 2 is 2.00 bits per heavy atom. The lowest BCUT2D eigenvalue weighted by Gasteiger charge is -2.35. The van der Waals surface area contributed by atoms with Gasteiger partial charge < -0.3 is 4.90 Å². The lowest BCUT2D eigenvalue weighted by Crippen LogP contribution is -2.47. The highest BCUT2D eigenvalue weighted by molar-refractivity contribution is 6.18. The van der Waals surface area contributed by atoms with Gasteiger partial charge in [-0.25, -0.2) is 14.4 Å². The molecule has 0 amide bonds. The highest BCUT2D eigenvalue weighted by Crippen LogP contribution is 2.18. The van der Waals surface area contributed by atoms with Crippen molar-refractivity contribution in [1.82, 2.24) is 14.9 Å². The molecule has 1 saturated heterocycles. The second kappa shape index (κ2) is 5.60. The first kappa shape index (κ1) is 12.5. The predicted molar refractivity (Wildman–Crippen MR) is 66.1 cm³/mol. The molecule has 1 aliphatic rings. The van der Waals surface area contributed by atoms with Crippen LogP contribution in [0.2, 0.25) is 0 Å². The summed E-state index contributed by atoms with van der Waals surface area (Å²) in [6, 6.07) is 0. The van der Waals surface area contributed by atoms with Crippen LogP contribution in [0.1, 0.15) is 5.69 Å². The van der Waals surface area contributed by atoms with Gasteiger partial charge in [0, 0.05) is 38.6 Å². The van der Waals surface area contributed by atoms with Crippen molar-refractivity contribution in [2.75, 3.05) is 43.5 Å². The number of rotatable bonds is 3. The molecule has 0 atom stereocenters. The SMILES string of the molecule is Cc1ncnc(N2CCN(CCCl)CC2)c1F. The number of alkyl halides is 1. The van der Waals surface area contributed by atoms with Crippen molar-refractivity contribution in [2.24, 2.45) is 0 Å². The summed E-state index contributed by atoms with van der Waals surface area (Å²) in [7, 11) is 0. The molecule has 0 spiro atoms. The van der Waals surface area contributed by atoms with Gasteiger partial charge in [0.15, 0.2) is 11.6 Å². The number of hydrogen-bond acceptors (Lipinski definition) is 4. The zero-order valence-corrected chi connectivity index (χ0v) is 10.6. The van der Waals surface area contributed by atoms with E-state index in [0.717, 1.165) is 32.7 Å². The van der Waals surface area contributed by atoms with Crippen LogP contribution in [0, 0.1) is 12.7 Å². The van der Waals surface area contributed by atoms with E-state index in [4.69, 9.17) is 11.6 Å². The number of aromatic nitrogens is 2. The van der Waals surface area contributed by atoms with E-state index in [0.29, 0.717) is 17.4 Å². The lowest BCUT2D eigenvalue weighted by molar-refractivity contribution is 0.271. The molecule has 2 rings (SSSR count). The zero-order chi connectivity index (χ0) is 12.3. The molecule has 0 aliphatic carbocycles. The largest absolute Gasteiger partial charge is 0.352 e. The molecule has 0 saturated carbocycles. The Morgan fingerprint density at radius 1 is 1.29 bits per heavy atom. The molecule has 2 heterocycles. The highest BCUT2D eigenvalue weighted by atomic mass is 35.5. The molecule has 4 nitrogen and oxygen atoms in total. The van der Waals surface area contributed by atoms with Gasteiger partial charge >= 0.3 is 0 Å². The average Bonchev–Trinajstić information content (AvgIpc) is 2.34. The summed E-state index contributed by atoms with van der Waals surface area (Å²) in [5, 5.41) is 0. The maximum absolute atomic E-state index is 13.8. The molecule has 1 aliphatic heterocycles. The van der Waals surface area contributed by atoms with E-state index in [-0.39, 0.29) is 5.82 Å². The summed E-state index contributed by atoms with van der Waals surface area (Å²) in [5.74, 6) is 0.752. The van der Waals surface area contributed by atoms with Crippen LogP contribution in [0.25, 0.3) is 0 Å². The van der Waals surface area contributed by atoms with Crippen molar-refractivity contribution in [3.63, 3.8) is 0 Å². The van der Waals surface area contributed by atoms with E-state index < -0.39 is 0 Å². The lowest BCUT2D eigenvalue weighted by atomic mass is 10.3. The Labute approximate surface area is 105 Å². The molecule has 0 radical (unpaired) electrons. The number of piperazine rings is 1. The third kappa shape index (κ3) is 2.84. The first-order valence-electron chi connectivity index (χ1n) is 5.72. The Morgan fingerprint density at radius 3 is 2.65 bits per heavy atom. The number of anilines is 1. The molecule has 6 heteroatoms. The van der Waals surface area contributed by atoms with Gasteiger partial charge in [-0.15, -0.1) is 11.6 Å². The highest BCUT2D eigenvalue weighted by Gasteiger charge is 2.20. The van der Waals surface area contributed by atoms with Gasteiger partial charge in [0.25, 0.3) is 0 Å². The molecular weight excluding hydrogens is 243 g/mol. The van der Waals surface area contributed by atoms with Crippen LogP contribution >= 0.6 is 11.6 Å². The van der Waals surface area contributed by atoms with Crippen LogP contribution in [0.5, 0.6) is 0 Å². The van der Waals surface area contributed by atoms with E-state index in [2.05, 4.69) is 14.9 Å². The van der Waals surface area contributed by atoms with Crippen molar-refractivity contribution in [1.29, 1.82) is 0 Å². The fourth-order valence-electron chi connectivity index (χ4n) is 1.97. The molecule has 0 N–H and O–H groups in total. The van der Waals surface area contributed by atoms with Crippen molar-refractivity contribution >= 4 is 17.4 Å². The van der Waals surface area contributed by atoms with Gasteiger partial charge in [-0.2, -0.15) is 0 Å². The predicted octanol–water partition coefficient (Wildman–Crippen LogP) is 1.28. The third-order valence-electron chi connectivity index (χ3n) is 3.02. The standard InChI is InChI=1S/C11H16ClFN4/c1-9-10(13)11(15-8-14-9)17-6-4-16(3-2-12)5-7-17/h8H,2-7H2,1H3. The molecule has 1 aromatic heterocycles. The second-order valence-corrected chi connectivity index (χ2v) is 4.49. The maximum Gasteiger partial charge on any atom is 0.186 e. The monoisotopic (exact) mass is 258 g/mol. The first-order chi connectivity index (χ1) is 8.22. The molecule has 0 unspecified atom stereocenters. The second-order valence-electron chi connectivity index (χ2n) is 4.11. The summed E-state index contributed by atoms with van der Waals surface area (Å²) in [6.07, 6.45) is 1.42. The molecule has 1 aromatic rings. The van der Waals surface area contributed by atoms with Gasteiger partial charge in [0.05, 0.1) is 5.69 Å². The first-order valence-corrected chi connectivity index (χ1v) is 6.26. The van der Waals surface area contributed by atoms with E-state index in [9.17, 15) is 4.39 Å². The normalized spacial score (nSPS) is 17.5. The number of aryl methyl sites for hydroxylation is 1. The molecule has 94 valence electrons. The van der Waals surface area contributed by atoms with Gasteiger partial charge in [-0.1, -0.05) is 0 Å². The molecular formula is C11H16ClFN4. The van der Waals surface area contributed by atoms with Crippen LogP contribution in [0.4, 0.5) is 10.2 Å². The van der Waals surface area contributed by atoms with Gasteiger partial charge in [0.1, 0.15) is 6.33 Å². The van der Waals surface area contributed by atoms with Crippen LogP contribution in [-0.4, -0.2) is 53.5 Å².